The molecule has 1 atom stereocenters. The van der Waals surface area contributed by atoms with Gasteiger partial charge in [-0.2, -0.15) is 0 Å². The Morgan fingerprint density at radius 1 is 1.42 bits per heavy atom. The Kier molecular flexibility index (Phi) is 20.3. The molecule has 0 radical (unpaired) electrons. The molecule has 2 nitrogen and oxygen atoms in total. The molecule has 0 aliphatic rings. The van der Waals surface area contributed by atoms with Crippen LogP contribution in [-0.4, -0.2) is 6.61 Å². The summed E-state index contributed by atoms with van der Waals surface area (Å²) < 4.78 is 4.72. The normalized spacial score (nSPS) is 13.9. The summed E-state index contributed by atoms with van der Waals surface area (Å²) in [6.07, 6.45) is 3.08. The summed E-state index contributed by atoms with van der Waals surface area (Å²) in [4.78, 5) is 10.6. The standard InChI is InChI=1S/C5H13O2PS2.2Na/c1-2-3-4-5-7-8(6,9)10;;/h2-5H2,1H3,(H2,6,9,10);;/q;2*+1/p-2. The van der Waals surface area contributed by atoms with E-state index in [9.17, 15) is 4.89 Å². The van der Waals surface area contributed by atoms with Crippen LogP contribution in [0.5, 0.6) is 0 Å². The summed E-state index contributed by atoms with van der Waals surface area (Å²) in [7, 11) is 0. The predicted molar refractivity (Wildman–Crippen MR) is 47.1 cm³/mol. The average Bonchev–Trinajstić information content (AvgIpc) is 1.78. The van der Waals surface area contributed by atoms with E-state index in [2.05, 4.69) is 31.0 Å². The molecule has 62 valence electrons. The Morgan fingerprint density at radius 2 is 1.92 bits per heavy atom. The summed E-state index contributed by atoms with van der Waals surface area (Å²) in [5.74, 6) is 0. The number of rotatable bonds is 5. The fraction of sp³-hybridized carbons (Fsp3) is 1.00. The van der Waals surface area contributed by atoms with Crippen LogP contribution in [0, 0.1) is 0 Å². The fourth-order valence-electron chi connectivity index (χ4n) is 0.528. The van der Waals surface area contributed by atoms with Crippen LogP contribution >= 0.6 is 5.69 Å². The van der Waals surface area contributed by atoms with Crippen LogP contribution in [0.15, 0.2) is 0 Å². The average molecular weight is 244 g/mol. The molecule has 0 fully saturated rings. The first kappa shape index (κ1) is 20.3. The van der Waals surface area contributed by atoms with E-state index >= 15 is 0 Å². The Labute approximate surface area is 129 Å². The van der Waals surface area contributed by atoms with Crippen molar-refractivity contribution in [2.45, 2.75) is 26.2 Å². The van der Waals surface area contributed by atoms with Gasteiger partial charge in [-0.3, -0.25) is 0 Å². The fourth-order valence-corrected chi connectivity index (χ4v) is 1.33. The minimum Gasteiger partial charge on any atom is -0.819 e. The molecule has 0 spiro atoms. The quantitative estimate of drug-likeness (QED) is 0.211. The van der Waals surface area contributed by atoms with Crippen LogP contribution < -0.4 is 64.0 Å². The minimum absolute atomic E-state index is 0. The van der Waals surface area contributed by atoms with Crippen molar-refractivity contribution in [1.82, 2.24) is 0 Å². The summed E-state index contributed by atoms with van der Waals surface area (Å²) in [6.45, 7) is 2.53. The molecular formula is C5H11Na2O2PS2. The molecule has 12 heavy (non-hydrogen) atoms. The van der Waals surface area contributed by atoms with Gasteiger partial charge in [0.2, 0.25) is 0 Å². The van der Waals surface area contributed by atoms with Gasteiger partial charge in [-0.25, -0.2) is 0 Å². The van der Waals surface area contributed by atoms with Gasteiger partial charge in [0, 0.05) is 6.61 Å². The van der Waals surface area contributed by atoms with Crippen LogP contribution in [0.25, 0.3) is 0 Å². The van der Waals surface area contributed by atoms with Crippen LogP contribution in [-0.2, 0) is 28.6 Å². The second-order valence-corrected chi connectivity index (χ2v) is 6.72. The molecule has 0 aliphatic carbocycles. The Balaban J connectivity index is -0.000000405. The van der Waals surface area contributed by atoms with Gasteiger partial charge in [0.25, 0.3) is 0 Å². The van der Waals surface area contributed by atoms with E-state index in [1.807, 2.05) is 0 Å². The molecule has 1 unspecified atom stereocenters. The predicted octanol–water partition coefficient (Wildman–Crippen LogP) is -4.67. The second-order valence-electron chi connectivity index (χ2n) is 1.99. The largest absolute Gasteiger partial charge is 1.00 e. The van der Waals surface area contributed by atoms with Gasteiger partial charge in [0.1, 0.15) is 0 Å². The second kappa shape index (κ2) is 12.0. The van der Waals surface area contributed by atoms with Gasteiger partial charge in [-0.05, 0) is 6.42 Å². The van der Waals surface area contributed by atoms with Gasteiger partial charge in [0.05, 0.1) is 0 Å². The molecule has 0 aromatic heterocycles. The number of unbranched alkanes of at least 4 members (excludes halogenated alkanes) is 2. The van der Waals surface area contributed by atoms with Crippen molar-refractivity contribution in [1.29, 1.82) is 0 Å². The van der Waals surface area contributed by atoms with E-state index in [1.165, 1.54) is 0 Å². The van der Waals surface area contributed by atoms with Gasteiger partial charge in [-0.1, -0.05) is 19.8 Å². The molecule has 0 aromatic rings. The summed E-state index contributed by atoms with van der Waals surface area (Å²) in [6, 6.07) is 0. The maximum absolute atomic E-state index is 10.6. The van der Waals surface area contributed by atoms with Crippen molar-refractivity contribution in [2.75, 3.05) is 6.61 Å². The molecule has 0 rings (SSSR count). The van der Waals surface area contributed by atoms with Gasteiger partial charge in [-0.15, -0.1) is 17.5 Å². The third-order valence-corrected chi connectivity index (χ3v) is 2.13. The Bertz CT molecular complexity index is 131. The maximum Gasteiger partial charge on any atom is 1.00 e. The van der Waals surface area contributed by atoms with Crippen LogP contribution in [0.2, 0.25) is 0 Å². The molecule has 0 N–H and O–H groups in total. The van der Waals surface area contributed by atoms with E-state index in [0.717, 1.165) is 19.3 Å². The SMILES string of the molecule is CCCCCOP([O-])(=S)[S-].[Na+].[Na+]. The van der Waals surface area contributed by atoms with Crippen molar-refractivity contribution < 1.29 is 68.5 Å². The molecule has 0 heterocycles. The topological polar surface area (TPSA) is 32.3 Å². The first-order chi connectivity index (χ1) is 4.56. The molecule has 0 aliphatic heterocycles. The van der Waals surface area contributed by atoms with Gasteiger partial charge < -0.3 is 21.7 Å². The summed E-state index contributed by atoms with van der Waals surface area (Å²) in [5, 5.41) is 0. The van der Waals surface area contributed by atoms with Gasteiger partial charge in [0.15, 0.2) is 0 Å². The van der Waals surface area contributed by atoms with Crippen LogP contribution in [0.4, 0.5) is 0 Å². The zero-order valence-electron chi connectivity index (χ0n) is 7.91. The zero-order chi connectivity index (χ0) is 8.04. The van der Waals surface area contributed by atoms with E-state index in [4.69, 9.17) is 4.52 Å². The third kappa shape index (κ3) is 18.7. The molecule has 0 bridgehead atoms. The van der Waals surface area contributed by atoms with Gasteiger partial charge >= 0.3 is 59.1 Å². The smallest absolute Gasteiger partial charge is 0.819 e. The summed E-state index contributed by atoms with van der Waals surface area (Å²) in [5.41, 5.74) is -3.04. The zero-order valence-corrected chi connectivity index (χ0v) is 14.4. The molecule has 0 amide bonds. The Hall–Kier alpha value is 2.92. The third-order valence-electron chi connectivity index (χ3n) is 0.997. The first-order valence-electron chi connectivity index (χ1n) is 3.23. The monoisotopic (exact) mass is 244 g/mol. The van der Waals surface area contributed by atoms with Crippen molar-refractivity contribution >= 4 is 29.7 Å². The van der Waals surface area contributed by atoms with Crippen molar-refractivity contribution in [2.24, 2.45) is 0 Å². The van der Waals surface area contributed by atoms with E-state index in [1.54, 1.807) is 0 Å². The molecule has 0 saturated heterocycles. The van der Waals surface area contributed by atoms with E-state index < -0.39 is 5.69 Å². The summed E-state index contributed by atoms with van der Waals surface area (Å²) >= 11 is 8.77. The maximum atomic E-state index is 10.6. The Morgan fingerprint density at radius 3 is 2.25 bits per heavy atom. The van der Waals surface area contributed by atoms with E-state index in [0.29, 0.717) is 6.61 Å². The molecule has 7 heteroatoms. The van der Waals surface area contributed by atoms with Crippen molar-refractivity contribution in [3.8, 4) is 0 Å². The minimum atomic E-state index is -3.04. The van der Waals surface area contributed by atoms with Crippen molar-refractivity contribution in [3.63, 3.8) is 0 Å². The van der Waals surface area contributed by atoms with Crippen LogP contribution in [0.3, 0.4) is 0 Å². The van der Waals surface area contributed by atoms with E-state index in [-0.39, 0.29) is 59.1 Å². The molecule has 0 saturated carbocycles. The first-order valence-corrected chi connectivity index (χ1v) is 6.88. The number of hydrogen-bond donors (Lipinski definition) is 0. The molecule has 0 aromatic carbocycles. The number of hydrogen-bond acceptors (Lipinski definition) is 4. The van der Waals surface area contributed by atoms with Crippen LogP contribution in [0.1, 0.15) is 26.2 Å². The molecular weight excluding hydrogens is 233 g/mol. The van der Waals surface area contributed by atoms with Crippen molar-refractivity contribution in [3.05, 3.63) is 0 Å².